The molecule has 1 atom stereocenters. The summed E-state index contributed by atoms with van der Waals surface area (Å²) in [5.41, 5.74) is 3.45. The SMILES string of the molecule is Cc1cnn(CC(C)NCc2ccc(-n3cncn3)cc2)c1. The van der Waals surface area contributed by atoms with Crippen molar-refractivity contribution >= 4 is 0 Å². The largest absolute Gasteiger partial charge is 0.308 e. The van der Waals surface area contributed by atoms with Crippen LogP contribution in [0.25, 0.3) is 5.69 Å². The smallest absolute Gasteiger partial charge is 0.138 e. The van der Waals surface area contributed by atoms with Crippen molar-refractivity contribution < 1.29 is 0 Å². The van der Waals surface area contributed by atoms with Gasteiger partial charge in [-0.25, -0.2) is 9.67 Å². The van der Waals surface area contributed by atoms with Crippen molar-refractivity contribution in [2.75, 3.05) is 0 Å². The van der Waals surface area contributed by atoms with E-state index < -0.39 is 0 Å². The first-order chi connectivity index (χ1) is 10.7. The fourth-order valence-electron chi connectivity index (χ4n) is 2.31. The van der Waals surface area contributed by atoms with E-state index >= 15 is 0 Å². The predicted octanol–water partition coefficient (Wildman–Crippen LogP) is 1.95. The second kappa shape index (κ2) is 6.53. The zero-order valence-electron chi connectivity index (χ0n) is 12.8. The molecule has 0 spiro atoms. The summed E-state index contributed by atoms with van der Waals surface area (Å²) in [6.07, 6.45) is 7.18. The molecule has 1 aromatic carbocycles. The van der Waals surface area contributed by atoms with E-state index in [1.54, 1.807) is 11.0 Å². The molecule has 22 heavy (non-hydrogen) atoms. The summed E-state index contributed by atoms with van der Waals surface area (Å²) >= 11 is 0. The maximum atomic E-state index is 4.31. The van der Waals surface area contributed by atoms with Crippen LogP contribution >= 0.6 is 0 Å². The Morgan fingerprint density at radius 3 is 2.64 bits per heavy atom. The number of nitrogens with zero attached hydrogens (tertiary/aromatic N) is 5. The van der Waals surface area contributed by atoms with Crippen molar-refractivity contribution in [2.24, 2.45) is 0 Å². The van der Waals surface area contributed by atoms with Crippen LogP contribution in [0.15, 0.2) is 49.3 Å². The Balaban J connectivity index is 1.53. The highest BCUT2D eigenvalue weighted by atomic mass is 15.3. The normalized spacial score (nSPS) is 12.5. The fourth-order valence-corrected chi connectivity index (χ4v) is 2.31. The molecule has 1 N–H and O–H groups in total. The molecule has 3 aromatic rings. The third-order valence-electron chi connectivity index (χ3n) is 3.50. The minimum Gasteiger partial charge on any atom is -0.308 e. The van der Waals surface area contributed by atoms with E-state index in [-0.39, 0.29) is 0 Å². The van der Waals surface area contributed by atoms with E-state index in [1.807, 2.05) is 23.0 Å². The molecule has 0 fully saturated rings. The predicted molar refractivity (Wildman–Crippen MR) is 84.6 cm³/mol. The van der Waals surface area contributed by atoms with Gasteiger partial charge in [-0.1, -0.05) is 12.1 Å². The highest BCUT2D eigenvalue weighted by molar-refractivity contribution is 5.33. The number of aryl methyl sites for hydroxylation is 1. The highest BCUT2D eigenvalue weighted by Crippen LogP contribution is 2.08. The number of benzene rings is 1. The molecule has 3 rings (SSSR count). The van der Waals surface area contributed by atoms with Gasteiger partial charge >= 0.3 is 0 Å². The van der Waals surface area contributed by atoms with Gasteiger partial charge in [0.15, 0.2) is 0 Å². The zero-order valence-corrected chi connectivity index (χ0v) is 12.8. The Morgan fingerprint density at radius 2 is 2.00 bits per heavy atom. The van der Waals surface area contributed by atoms with Gasteiger partial charge in [0, 0.05) is 18.8 Å². The van der Waals surface area contributed by atoms with Gasteiger partial charge in [-0.3, -0.25) is 4.68 Å². The molecule has 2 heterocycles. The van der Waals surface area contributed by atoms with Crippen LogP contribution in [-0.2, 0) is 13.1 Å². The third kappa shape index (κ3) is 3.59. The first-order valence-electron chi connectivity index (χ1n) is 7.37. The molecule has 0 aliphatic heterocycles. The van der Waals surface area contributed by atoms with E-state index in [2.05, 4.69) is 52.7 Å². The van der Waals surface area contributed by atoms with E-state index in [9.17, 15) is 0 Å². The molecule has 0 aliphatic carbocycles. The van der Waals surface area contributed by atoms with Gasteiger partial charge in [0.25, 0.3) is 0 Å². The second-order valence-electron chi connectivity index (χ2n) is 5.53. The highest BCUT2D eigenvalue weighted by Gasteiger charge is 2.04. The fraction of sp³-hybridized carbons (Fsp3) is 0.312. The first-order valence-corrected chi connectivity index (χ1v) is 7.37. The Morgan fingerprint density at radius 1 is 1.18 bits per heavy atom. The van der Waals surface area contributed by atoms with Crippen molar-refractivity contribution in [3.63, 3.8) is 0 Å². The van der Waals surface area contributed by atoms with E-state index in [1.165, 1.54) is 17.5 Å². The van der Waals surface area contributed by atoms with Crippen molar-refractivity contribution in [3.05, 3.63) is 60.4 Å². The molecular formula is C16H20N6. The van der Waals surface area contributed by atoms with Crippen LogP contribution < -0.4 is 5.32 Å². The van der Waals surface area contributed by atoms with Gasteiger partial charge in [-0.15, -0.1) is 0 Å². The second-order valence-corrected chi connectivity index (χ2v) is 5.53. The van der Waals surface area contributed by atoms with E-state index in [4.69, 9.17) is 0 Å². The molecule has 0 aliphatic rings. The van der Waals surface area contributed by atoms with Gasteiger partial charge in [0.2, 0.25) is 0 Å². The summed E-state index contributed by atoms with van der Waals surface area (Å²) < 4.78 is 3.72. The van der Waals surface area contributed by atoms with Gasteiger partial charge in [0.1, 0.15) is 12.7 Å². The van der Waals surface area contributed by atoms with Crippen molar-refractivity contribution in [3.8, 4) is 5.69 Å². The van der Waals surface area contributed by atoms with Crippen LogP contribution in [0.2, 0.25) is 0 Å². The van der Waals surface area contributed by atoms with Crippen molar-refractivity contribution in [2.45, 2.75) is 33.0 Å². The van der Waals surface area contributed by atoms with Gasteiger partial charge in [0.05, 0.1) is 18.4 Å². The van der Waals surface area contributed by atoms with Gasteiger partial charge in [-0.2, -0.15) is 10.2 Å². The summed E-state index contributed by atoms with van der Waals surface area (Å²) in [7, 11) is 0. The molecule has 6 heteroatoms. The van der Waals surface area contributed by atoms with E-state index in [0.29, 0.717) is 6.04 Å². The Bertz CT molecular complexity index is 699. The maximum Gasteiger partial charge on any atom is 0.138 e. The Hall–Kier alpha value is -2.47. The van der Waals surface area contributed by atoms with E-state index in [0.717, 1.165) is 18.8 Å². The molecule has 0 amide bonds. The van der Waals surface area contributed by atoms with Crippen molar-refractivity contribution in [1.82, 2.24) is 29.9 Å². The molecule has 1 unspecified atom stereocenters. The quantitative estimate of drug-likeness (QED) is 0.755. The lowest BCUT2D eigenvalue weighted by atomic mass is 10.2. The van der Waals surface area contributed by atoms with Gasteiger partial charge < -0.3 is 5.32 Å². The number of rotatable bonds is 6. The Kier molecular flexibility index (Phi) is 4.29. The minimum absolute atomic E-state index is 0.356. The van der Waals surface area contributed by atoms with Crippen LogP contribution in [0, 0.1) is 6.92 Å². The van der Waals surface area contributed by atoms with Crippen LogP contribution in [0.5, 0.6) is 0 Å². The monoisotopic (exact) mass is 296 g/mol. The molecule has 114 valence electrons. The van der Waals surface area contributed by atoms with Crippen LogP contribution in [-0.4, -0.2) is 30.6 Å². The summed E-state index contributed by atoms with van der Waals surface area (Å²) in [5, 5.41) is 11.9. The summed E-state index contributed by atoms with van der Waals surface area (Å²) in [5.74, 6) is 0. The molecular weight excluding hydrogens is 276 g/mol. The lowest BCUT2D eigenvalue weighted by Gasteiger charge is -2.14. The molecule has 0 bridgehead atoms. The molecule has 0 saturated carbocycles. The molecule has 6 nitrogen and oxygen atoms in total. The number of hydrogen-bond donors (Lipinski definition) is 1. The molecule has 0 saturated heterocycles. The summed E-state index contributed by atoms with van der Waals surface area (Å²) in [6.45, 7) is 5.92. The lowest BCUT2D eigenvalue weighted by Crippen LogP contribution is -2.30. The topological polar surface area (TPSA) is 60.6 Å². The molecule has 2 aromatic heterocycles. The van der Waals surface area contributed by atoms with Crippen molar-refractivity contribution in [1.29, 1.82) is 0 Å². The maximum absolute atomic E-state index is 4.31. The summed E-state index contributed by atoms with van der Waals surface area (Å²) in [6, 6.07) is 8.67. The average Bonchev–Trinajstić information content (AvgIpc) is 3.18. The number of nitrogens with one attached hydrogen (secondary N) is 1. The number of hydrogen-bond acceptors (Lipinski definition) is 4. The lowest BCUT2D eigenvalue weighted by molar-refractivity contribution is 0.450. The third-order valence-corrected chi connectivity index (χ3v) is 3.50. The standard InChI is InChI=1S/C16H20N6/c1-13-7-19-21(9-13)10-14(2)18-8-15-3-5-16(6-4-15)22-12-17-11-20-22/h3-7,9,11-12,14,18H,8,10H2,1-2H3. The van der Waals surface area contributed by atoms with Gasteiger partial charge in [-0.05, 0) is 37.1 Å². The number of aromatic nitrogens is 5. The summed E-state index contributed by atoms with van der Waals surface area (Å²) in [4.78, 5) is 3.95. The van der Waals surface area contributed by atoms with Crippen LogP contribution in [0.1, 0.15) is 18.1 Å². The minimum atomic E-state index is 0.356. The Labute approximate surface area is 129 Å². The van der Waals surface area contributed by atoms with Crippen LogP contribution in [0.3, 0.4) is 0 Å². The zero-order chi connectivity index (χ0) is 15.4. The first kappa shape index (κ1) is 14.5. The molecule has 0 radical (unpaired) electrons. The average molecular weight is 296 g/mol. The van der Waals surface area contributed by atoms with Crippen LogP contribution in [0.4, 0.5) is 0 Å².